The summed E-state index contributed by atoms with van der Waals surface area (Å²) in [5.41, 5.74) is 3.03. The van der Waals surface area contributed by atoms with Crippen molar-refractivity contribution < 1.29 is 4.79 Å². The molecule has 6 nitrogen and oxygen atoms in total. The van der Waals surface area contributed by atoms with Crippen molar-refractivity contribution in [2.75, 3.05) is 29.9 Å². The van der Waals surface area contributed by atoms with Gasteiger partial charge in [0.1, 0.15) is 0 Å². The van der Waals surface area contributed by atoms with Crippen molar-refractivity contribution in [3.05, 3.63) is 46.7 Å². The number of hydrogen-bond donors (Lipinski definition) is 2. The first-order valence-electron chi connectivity index (χ1n) is 10.5. The van der Waals surface area contributed by atoms with E-state index in [1.807, 2.05) is 12.1 Å². The van der Waals surface area contributed by atoms with Crippen molar-refractivity contribution in [1.82, 2.24) is 15.3 Å². The van der Waals surface area contributed by atoms with E-state index in [0.717, 1.165) is 60.2 Å². The molecule has 1 saturated carbocycles. The topological polar surface area (TPSA) is 70.2 Å². The van der Waals surface area contributed by atoms with Crippen molar-refractivity contribution >= 4 is 29.1 Å². The Labute approximate surface area is 176 Å². The standard InChI is InChI=1S/C22H26ClN5O/c23-17-12-26-22(27-13-17)28-7-4-14(5-8-28)20-10-15(20)3-6-24-18-1-2-19-16(9-18)11-25-21(19)29/h1-2,9,12-15,20,24H,3-8,10-11H2,(H,25,29)/t15-,20-/m1/s1. The van der Waals surface area contributed by atoms with E-state index in [1.54, 1.807) is 12.4 Å². The third kappa shape index (κ3) is 4.04. The van der Waals surface area contributed by atoms with Crippen molar-refractivity contribution in [2.45, 2.75) is 32.2 Å². The molecular formula is C22H26ClN5O. The van der Waals surface area contributed by atoms with Crippen LogP contribution in [0.1, 0.15) is 41.6 Å². The van der Waals surface area contributed by atoms with E-state index in [2.05, 4.69) is 31.6 Å². The molecule has 1 aromatic heterocycles. The number of fused-ring (bicyclic) bond motifs is 1. The van der Waals surface area contributed by atoms with Crippen LogP contribution in [0.15, 0.2) is 30.6 Å². The molecule has 3 aliphatic rings. The van der Waals surface area contributed by atoms with Crippen molar-refractivity contribution in [1.29, 1.82) is 0 Å². The van der Waals surface area contributed by atoms with Gasteiger partial charge in [-0.05, 0) is 67.2 Å². The van der Waals surface area contributed by atoms with E-state index in [4.69, 9.17) is 11.6 Å². The molecule has 0 spiro atoms. The Bertz CT molecular complexity index is 895. The largest absolute Gasteiger partial charge is 0.385 e. The van der Waals surface area contributed by atoms with Gasteiger partial charge < -0.3 is 15.5 Å². The number of carbonyl (C=O) groups is 1. The molecule has 152 valence electrons. The molecule has 0 bridgehead atoms. The molecule has 5 rings (SSSR count). The van der Waals surface area contributed by atoms with Crippen LogP contribution < -0.4 is 15.5 Å². The van der Waals surface area contributed by atoms with E-state index in [9.17, 15) is 4.79 Å². The Morgan fingerprint density at radius 2 is 2.00 bits per heavy atom. The first kappa shape index (κ1) is 18.7. The van der Waals surface area contributed by atoms with Gasteiger partial charge in [0.05, 0.1) is 17.4 Å². The maximum atomic E-state index is 11.6. The lowest BCUT2D eigenvalue weighted by Gasteiger charge is -2.32. The average molecular weight is 412 g/mol. The Balaban J connectivity index is 1.05. The Kier molecular flexibility index (Phi) is 5.04. The van der Waals surface area contributed by atoms with E-state index >= 15 is 0 Å². The zero-order valence-corrected chi connectivity index (χ0v) is 17.2. The number of rotatable bonds is 6. The van der Waals surface area contributed by atoms with Gasteiger partial charge in [0.15, 0.2) is 0 Å². The summed E-state index contributed by atoms with van der Waals surface area (Å²) in [6.45, 7) is 3.72. The lowest BCUT2D eigenvalue weighted by atomic mass is 9.90. The zero-order chi connectivity index (χ0) is 19.8. The summed E-state index contributed by atoms with van der Waals surface area (Å²) >= 11 is 5.89. The van der Waals surface area contributed by atoms with Gasteiger partial charge in [-0.2, -0.15) is 0 Å². The predicted octanol–water partition coefficient (Wildman–Crippen LogP) is 3.73. The van der Waals surface area contributed by atoms with Gasteiger partial charge >= 0.3 is 0 Å². The molecule has 2 N–H and O–H groups in total. The van der Waals surface area contributed by atoms with E-state index in [-0.39, 0.29) is 5.91 Å². The van der Waals surface area contributed by atoms with Crippen LogP contribution in [0.25, 0.3) is 0 Å². The smallest absolute Gasteiger partial charge is 0.251 e. The highest BCUT2D eigenvalue weighted by molar-refractivity contribution is 6.30. The summed E-state index contributed by atoms with van der Waals surface area (Å²) in [5, 5.41) is 7.00. The summed E-state index contributed by atoms with van der Waals surface area (Å²) in [6, 6.07) is 6.05. The van der Waals surface area contributed by atoms with Crippen molar-refractivity contribution in [2.24, 2.45) is 17.8 Å². The number of amides is 1. The Hall–Kier alpha value is -2.34. The number of carbonyl (C=O) groups excluding carboxylic acids is 1. The minimum atomic E-state index is 0.0426. The Morgan fingerprint density at radius 1 is 1.21 bits per heavy atom. The molecule has 0 unspecified atom stereocenters. The number of piperidine rings is 1. The molecule has 3 heterocycles. The SMILES string of the molecule is O=C1NCc2cc(NCC[C@@H]3C[C@@H]3C3CCN(c4ncc(Cl)cn4)CC3)ccc21. The molecule has 29 heavy (non-hydrogen) atoms. The lowest BCUT2D eigenvalue weighted by molar-refractivity contribution is 0.0966. The number of nitrogens with zero attached hydrogens (tertiary/aromatic N) is 3. The second-order valence-corrected chi connectivity index (χ2v) is 8.89. The highest BCUT2D eigenvalue weighted by Gasteiger charge is 2.43. The molecule has 2 atom stereocenters. The molecule has 1 aromatic carbocycles. The van der Waals surface area contributed by atoms with Crippen LogP contribution in [-0.4, -0.2) is 35.5 Å². The first-order chi connectivity index (χ1) is 14.2. The van der Waals surface area contributed by atoms with Crippen LogP contribution in [0.4, 0.5) is 11.6 Å². The van der Waals surface area contributed by atoms with Crippen molar-refractivity contribution in [3.8, 4) is 0 Å². The third-order valence-corrected chi connectivity index (χ3v) is 6.84. The number of anilines is 2. The maximum absolute atomic E-state index is 11.6. The van der Waals surface area contributed by atoms with Gasteiger partial charge in [0.25, 0.3) is 5.91 Å². The molecule has 2 fully saturated rings. The summed E-state index contributed by atoms with van der Waals surface area (Å²) in [4.78, 5) is 22.6. The lowest BCUT2D eigenvalue weighted by Crippen LogP contribution is -2.35. The number of aromatic nitrogens is 2. The molecule has 1 saturated heterocycles. The molecule has 2 aromatic rings. The Morgan fingerprint density at radius 3 is 2.79 bits per heavy atom. The van der Waals surface area contributed by atoms with Crippen molar-refractivity contribution in [3.63, 3.8) is 0 Å². The molecular weight excluding hydrogens is 386 g/mol. The minimum absolute atomic E-state index is 0.0426. The van der Waals surface area contributed by atoms with E-state index in [1.165, 1.54) is 25.7 Å². The number of nitrogens with one attached hydrogen (secondary N) is 2. The van der Waals surface area contributed by atoms with Crippen LogP contribution in [0, 0.1) is 17.8 Å². The summed E-state index contributed by atoms with van der Waals surface area (Å²) in [6.07, 6.45) is 8.40. The molecule has 1 aliphatic carbocycles. The molecule has 2 aliphatic heterocycles. The number of benzene rings is 1. The second-order valence-electron chi connectivity index (χ2n) is 8.46. The highest BCUT2D eigenvalue weighted by atomic mass is 35.5. The fourth-order valence-electron chi connectivity index (χ4n) is 4.92. The van der Waals surface area contributed by atoms with Gasteiger partial charge in [-0.25, -0.2) is 9.97 Å². The minimum Gasteiger partial charge on any atom is -0.385 e. The fraction of sp³-hybridized carbons (Fsp3) is 0.500. The fourth-order valence-corrected chi connectivity index (χ4v) is 5.02. The molecule has 1 amide bonds. The maximum Gasteiger partial charge on any atom is 0.251 e. The van der Waals surface area contributed by atoms with Crippen LogP contribution >= 0.6 is 11.6 Å². The van der Waals surface area contributed by atoms with Gasteiger partial charge in [-0.15, -0.1) is 0 Å². The van der Waals surface area contributed by atoms with Gasteiger partial charge in [0.2, 0.25) is 5.95 Å². The van der Waals surface area contributed by atoms with E-state index < -0.39 is 0 Å². The second kappa shape index (κ2) is 7.82. The zero-order valence-electron chi connectivity index (χ0n) is 16.4. The normalized spacial score (nSPS) is 23.6. The van der Waals surface area contributed by atoms with Crippen LogP contribution in [0.2, 0.25) is 5.02 Å². The highest BCUT2D eigenvalue weighted by Crippen LogP contribution is 2.49. The quantitative estimate of drug-likeness (QED) is 0.757. The van der Waals surface area contributed by atoms with Crippen LogP contribution in [0.5, 0.6) is 0 Å². The molecule has 7 heteroatoms. The summed E-state index contributed by atoms with van der Waals surface area (Å²) < 4.78 is 0. The van der Waals surface area contributed by atoms with Crippen LogP contribution in [-0.2, 0) is 6.54 Å². The summed E-state index contributed by atoms with van der Waals surface area (Å²) in [7, 11) is 0. The average Bonchev–Trinajstić information content (AvgIpc) is 3.43. The van der Waals surface area contributed by atoms with Gasteiger partial charge in [-0.3, -0.25) is 4.79 Å². The van der Waals surface area contributed by atoms with Gasteiger partial charge in [0, 0.05) is 37.4 Å². The van der Waals surface area contributed by atoms with Crippen LogP contribution in [0.3, 0.4) is 0 Å². The number of hydrogen-bond acceptors (Lipinski definition) is 5. The van der Waals surface area contributed by atoms with Gasteiger partial charge in [-0.1, -0.05) is 11.6 Å². The monoisotopic (exact) mass is 411 g/mol. The molecule has 0 radical (unpaired) electrons. The first-order valence-corrected chi connectivity index (χ1v) is 10.9. The summed E-state index contributed by atoms with van der Waals surface area (Å²) in [5.74, 6) is 3.41. The predicted molar refractivity (Wildman–Crippen MR) is 114 cm³/mol. The number of halogens is 1. The van der Waals surface area contributed by atoms with E-state index in [0.29, 0.717) is 11.6 Å². The third-order valence-electron chi connectivity index (χ3n) is 6.65.